The van der Waals surface area contributed by atoms with E-state index in [9.17, 15) is 0 Å². The minimum absolute atomic E-state index is 0.0672. The first kappa shape index (κ1) is 33.3. The molecule has 3 nitrogen and oxygen atoms in total. The van der Waals surface area contributed by atoms with Gasteiger partial charge in [-0.05, 0) is 113 Å². The highest BCUT2D eigenvalue weighted by Crippen LogP contribution is 2.46. The van der Waals surface area contributed by atoms with Crippen molar-refractivity contribution in [2.24, 2.45) is 0 Å². The average Bonchev–Trinajstić information content (AvgIpc) is 3.98. The quantitative estimate of drug-likeness (QED) is 0.169. The van der Waals surface area contributed by atoms with Gasteiger partial charge in [-0.3, -0.25) is 0 Å². The maximum atomic E-state index is 6.50. The predicted molar refractivity (Wildman–Crippen MR) is 242 cm³/mol. The van der Waals surface area contributed by atoms with E-state index >= 15 is 0 Å². The zero-order chi connectivity index (χ0) is 38.2. The van der Waals surface area contributed by atoms with Gasteiger partial charge >= 0.3 is 0 Å². The molecule has 2 aromatic heterocycles. The fourth-order valence-corrected chi connectivity index (χ4v) is 10.4. The van der Waals surface area contributed by atoms with Crippen LogP contribution in [0.3, 0.4) is 0 Å². The number of anilines is 3. The van der Waals surface area contributed by atoms with Crippen LogP contribution in [0.5, 0.6) is 5.75 Å². The summed E-state index contributed by atoms with van der Waals surface area (Å²) in [6.45, 7) is 0. The highest BCUT2D eigenvalue weighted by Gasteiger charge is 2.32. The van der Waals surface area contributed by atoms with Crippen molar-refractivity contribution in [1.29, 1.82) is 0 Å². The molecule has 4 heteroatoms. The Labute approximate surface area is 341 Å². The number of ether oxygens (including phenoxy) is 1. The summed E-state index contributed by atoms with van der Waals surface area (Å²) in [7, 11) is 0. The van der Waals surface area contributed by atoms with Gasteiger partial charge in [-0.25, -0.2) is 0 Å². The van der Waals surface area contributed by atoms with Gasteiger partial charge in [-0.2, -0.15) is 0 Å². The lowest BCUT2D eigenvalue weighted by atomic mass is 9.86. The Morgan fingerprint density at radius 3 is 2.17 bits per heavy atom. The number of hydrogen-bond donors (Lipinski definition) is 0. The normalized spacial score (nSPS) is 17.7. The molecule has 276 valence electrons. The first-order chi connectivity index (χ1) is 28.7. The van der Waals surface area contributed by atoms with Gasteiger partial charge < -0.3 is 14.1 Å². The number of allylic oxidation sites excluding steroid dienone is 3. The molecule has 0 spiro atoms. The summed E-state index contributed by atoms with van der Waals surface area (Å²) in [5.74, 6) is 2.43. The van der Waals surface area contributed by atoms with E-state index in [1.807, 2.05) is 17.4 Å². The average molecular weight is 764 g/mol. The van der Waals surface area contributed by atoms with Crippen molar-refractivity contribution in [2.75, 3.05) is 4.90 Å². The monoisotopic (exact) mass is 763 g/mol. The number of benzene rings is 7. The molecule has 3 aliphatic rings. The summed E-state index contributed by atoms with van der Waals surface area (Å²) in [5.41, 5.74) is 12.7. The SMILES string of the molecule is C1=CC2Oc3ccc(-c4cccc(N(c5ccc(-c6ccc7sc8ccccc8c7c6)cc5)c5ccc(C6CC=Cc7c6oc6ccccc76)cc5)c4)cc3C2C=C1. The van der Waals surface area contributed by atoms with E-state index in [1.54, 1.807) is 0 Å². The van der Waals surface area contributed by atoms with Crippen LogP contribution in [-0.4, -0.2) is 6.10 Å². The van der Waals surface area contributed by atoms with Crippen LogP contribution in [0.25, 0.3) is 59.5 Å². The Kier molecular flexibility index (Phi) is 7.67. The first-order valence-corrected chi connectivity index (χ1v) is 20.9. The van der Waals surface area contributed by atoms with E-state index < -0.39 is 0 Å². The van der Waals surface area contributed by atoms with E-state index in [1.165, 1.54) is 64.5 Å². The molecule has 3 atom stereocenters. The minimum atomic E-state index is 0.0672. The maximum absolute atomic E-state index is 6.50. The van der Waals surface area contributed by atoms with Gasteiger partial charge in [0.15, 0.2) is 0 Å². The summed E-state index contributed by atoms with van der Waals surface area (Å²) >= 11 is 1.86. The summed E-state index contributed by atoms with van der Waals surface area (Å²) in [5, 5.41) is 3.81. The van der Waals surface area contributed by atoms with Crippen molar-refractivity contribution in [3.63, 3.8) is 0 Å². The third-order valence-corrected chi connectivity index (χ3v) is 13.3. The number of fused-ring (bicyclic) bond motifs is 9. The van der Waals surface area contributed by atoms with Crippen LogP contribution in [-0.2, 0) is 0 Å². The number of nitrogens with zero attached hydrogens (tertiary/aromatic N) is 1. The van der Waals surface area contributed by atoms with E-state index in [-0.39, 0.29) is 17.9 Å². The van der Waals surface area contributed by atoms with Crippen LogP contribution in [0, 0.1) is 0 Å². The Hall–Kier alpha value is -6.88. The van der Waals surface area contributed by atoms with Crippen LogP contribution in [0.2, 0.25) is 0 Å². The van der Waals surface area contributed by atoms with Crippen LogP contribution >= 0.6 is 11.3 Å². The van der Waals surface area contributed by atoms with Crippen LogP contribution in [0.1, 0.15) is 40.7 Å². The third-order valence-electron chi connectivity index (χ3n) is 12.2. The van der Waals surface area contributed by atoms with Crippen molar-refractivity contribution in [2.45, 2.75) is 24.4 Å². The second kappa shape index (κ2) is 13.4. The summed E-state index contributed by atoms with van der Waals surface area (Å²) < 4.78 is 15.4. The first-order valence-electron chi connectivity index (χ1n) is 20.1. The molecule has 7 aromatic carbocycles. The van der Waals surface area contributed by atoms with Crippen molar-refractivity contribution >= 4 is 65.6 Å². The van der Waals surface area contributed by atoms with Gasteiger partial charge in [0.2, 0.25) is 0 Å². The molecule has 58 heavy (non-hydrogen) atoms. The molecule has 1 aliphatic heterocycles. The lowest BCUT2D eigenvalue weighted by Crippen LogP contribution is -2.15. The van der Waals surface area contributed by atoms with Gasteiger partial charge in [-0.15, -0.1) is 11.3 Å². The van der Waals surface area contributed by atoms with Gasteiger partial charge in [-0.1, -0.05) is 115 Å². The molecule has 2 aliphatic carbocycles. The molecule has 0 bridgehead atoms. The zero-order valence-corrected chi connectivity index (χ0v) is 32.4. The zero-order valence-electron chi connectivity index (χ0n) is 31.6. The summed E-state index contributed by atoms with van der Waals surface area (Å²) in [4.78, 5) is 2.38. The third kappa shape index (κ3) is 5.48. The van der Waals surface area contributed by atoms with E-state index in [0.29, 0.717) is 0 Å². The summed E-state index contributed by atoms with van der Waals surface area (Å²) in [6.07, 6.45) is 14.1. The van der Waals surface area contributed by atoms with E-state index in [0.717, 1.165) is 40.6 Å². The molecule has 9 aromatic rings. The molecule has 0 saturated carbocycles. The molecule has 12 rings (SSSR count). The largest absolute Gasteiger partial charge is 0.485 e. The Bertz CT molecular complexity index is 3140. The molecule has 0 saturated heterocycles. The second-order valence-electron chi connectivity index (χ2n) is 15.5. The lowest BCUT2D eigenvalue weighted by Gasteiger charge is -2.27. The number of para-hydroxylation sites is 1. The molecule has 0 fully saturated rings. The van der Waals surface area contributed by atoms with Crippen LogP contribution in [0.15, 0.2) is 193 Å². The molecule has 0 N–H and O–H groups in total. The molecule has 0 radical (unpaired) electrons. The highest BCUT2D eigenvalue weighted by atomic mass is 32.1. The van der Waals surface area contributed by atoms with E-state index in [2.05, 4.69) is 193 Å². The van der Waals surface area contributed by atoms with Crippen molar-refractivity contribution in [3.8, 4) is 28.0 Å². The van der Waals surface area contributed by atoms with Crippen LogP contribution < -0.4 is 9.64 Å². The van der Waals surface area contributed by atoms with Crippen molar-refractivity contribution < 1.29 is 9.15 Å². The fourth-order valence-electron chi connectivity index (χ4n) is 9.29. The Balaban J connectivity index is 0.930. The predicted octanol–water partition coefficient (Wildman–Crippen LogP) is 15.1. The van der Waals surface area contributed by atoms with E-state index in [4.69, 9.17) is 9.15 Å². The number of furan rings is 1. The van der Waals surface area contributed by atoms with Gasteiger partial charge in [0.25, 0.3) is 0 Å². The molecular formula is C54H37NO2S. The second-order valence-corrected chi connectivity index (χ2v) is 16.6. The maximum Gasteiger partial charge on any atom is 0.134 e. The van der Waals surface area contributed by atoms with Gasteiger partial charge in [0, 0.05) is 65.6 Å². The highest BCUT2D eigenvalue weighted by molar-refractivity contribution is 7.25. The standard InChI is InChI=1S/C54H37NO2S/c1-5-17-50-43(11-1)46-15-8-14-42(54(46)57-50)35-21-27-40(28-22-35)55(39-25-19-34(20-26-39)37-24-30-53-48(33-37)45-13-3-6-18-52(45)58-53)41-10-7-9-36(31-41)38-23-29-51-47(32-38)44-12-2-4-16-49(44)56-51/h1-13,15-33,42,44,49H,14H2. The fraction of sp³-hybridized carbons (Fsp3) is 0.0741. The number of rotatable bonds is 6. The van der Waals surface area contributed by atoms with Gasteiger partial charge in [0.1, 0.15) is 23.2 Å². The van der Waals surface area contributed by atoms with Crippen molar-refractivity contribution in [3.05, 3.63) is 211 Å². The Morgan fingerprint density at radius 2 is 1.28 bits per heavy atom. The number of thiophene rings is 1. The van der Waals surface area contributed by atoms with Crippen molar-refractivity contribution in [1.82, 2.24) is 0 Å². The number of hydrogen-bond acceptors (Lipinski definition) is 4. The lowest BCUT2D eigenvalue weighted by molar-refractivity contribution is 0.269. The smallest absolute Gasteiger partial charge is 0.134 e. The molecule has 0 amide bonds. The van der Waals surface area contributed by atoms with Gasteiger partial charge in [0.05, 0.1) is 0 Å². The molecule has 3 unspecified atom stereocenters. The minimum Gasteiger partial charge on any atom is -0.485 e. The Morgan fingerprint density at radius 1 is 0.552 bits per heavy atom. The van der Waals surface area contributed by atoms with Crippen LogP contribution in [0.4, 0.5) is 17.1 Å². The summed E-state index contributed by atoms with van der Waals surface area (Å²) in [6, 6.07) is 57.6. The molecule has 3 heterocycles. The topological polar surface area (TPSA) is 25.6 Å². The molecular weight excluding hydrogens is 727 g/mol.